The Hall–Kier alpha value is -1.20. The van der Waals surface area contributed by atoms with Crippen LogP contribution in [0, 0.1) is 6.92 Å². The number of benzene rings is 1. The number of aryl methyl sites for hydroxylation is 1. The molecule has 0 atom stereocenters. The second-order valence-electron chi connectivity index (χ2n) is 4.49. The minimum Gasteiger partial charge on any atom is -0.494 e. The predicted molar refractivity (Wildman–Crippen MR) is 84.4 cm³/mol. The van der Waals surface area contributed by atoms with Gasteiger partial charge in [0.2, 0.25) is 0 Å². The van der Waals surface area contributed by atoms with Crippen LogP contribution in [-0.2, 0) is 11.2 Å². The summed E-state index contributed by atoms with van der Waals surface area (Å²) in [4.78, 5) is 17.1. The van der Waals surface area contributed by atoms with Crippen LogP contribution in [0.5, 0.6) is 5.75 Å². The second kappa shape index (κ2) is 7.55. The van der Waals surface area contributed by atoms with Gasteiger partial charge < -0.3 is 4.74 Å². The van der Waals surface area contributed by atoms with Gasteiger partial charge in [-0.15, -0.1) is 11.3 Å². The molecule has 1 aromatic carbocycles. The summed E-state index contributed by atoms with van der Waals surface area (Å²) in [5.41, 5.74) is 0. The fourth-order valence-corrected chi connectivity index (χ4v) is 2.95. The van der Waals surface area contributed by atoms with Crippen molar-refractivity contribution >= 4 is 33.0 Å². The standard InChI is InChI=1S/C15H16BrNO2S/c1-11-10-17-15(20-11)9-13(18)5-3-7-19-14-6-2-4-12(16)8-14/h2,4,6,8,10H,3,5,7,9H2,1H3. The van der Waals surface area contributed by atoms with Crippen LogP contribution in [-0.4, -0.2) is 17.4 Å². The van der Waals surface area contributed by atoms with E-state index in [4.69, 9.17) is 4.74 Å². The molecule has 0 aliphatic rings. The summed E-state index contributed by atoms with van der Waals surface area (Å²) in [5.74, 6) is 1.04. The number of nitrogens with zero attached hydrogens (tertiary/aromatic N) is 1. The highest BCUT2D eigenvalue weighted by molar-refractivity contribution is 9.10. The van der Waals surface area contributed by atoms with E-state index in [0.29, 0.717) is 19.4 Å². The predicted octanol–water partition coefficient (Wildman–Crippen LogP) is 4.18. The number of ketones is 1. The molecule has 0 bridgehead atoms. The number of rotatable bonds is 7. The van der Waals surface area contributed by atoms with E-state index in [1.165, 1.54) is 0 Å². The minimum absolute atomic E-state index is 0.220. The lowest BCUT2D eigenvalue weighted by Gasteiger charge is -2.05. The number of thiazole rings is 1. The van der Waals surface area contributed by atoms with E-state index in [1.807, 2.05) is 37.4 Å². The second-order valence-corrected chi connectivity index (χ2v) is 6.72. The Kier molecular flexibility index (Phi) is 5.73. The molecule has 2 aromatic rings. The third-order valence-corrected chi connectivity index (χ3v) is 4.09. The van der Waals surface area contributed by atoms with Gasteiger partial charge in [-0.1, -0.05) is 22.0 Å². The molecule has 2 rings (SSSR count). The highest BCUT2D eigenvalue weighted by atomic mass is 79.9. The van der Waals surface area contributed by atoms with Crippen LogP contribution in [0.2, 0.25) is 0 Å². The minimum atomic E-state index is 0.220. The van der Waals surface area contributed by atoms with Gasteiger partial charge in [0.05, 0.1) is 13.0 Å². The summed E-state index contributed by atoms with van der Waals surface area (Å²) in [6.07, 6.45) is 3.52. The van der Waals surface area contributed by atoms with E-state index < -0.39 is 0 Å². The maximum atomic E-state index is 11.8. The van der Waals surface area contributed by atoms with E-state index in [2.05, 4.69) is 20.9 Å². The highest BCUT2D eigenvalue weighted by Gasteiger charge is 2.07. The number of carbonyl (C=O) groups excluding carboxylic acids is 1. The van der Waals surface area contributed by atoms with Crippen LogP contribution < -0.4 is 4.74 Å². The molecule has 0 saturated heterocycles. The Morgan fingerprint density at radius 3 is 3.00 bits per heavy atom. The van der Waals surface area contributed by atoms with Gasteiger partial charge in [-0.3, -0.25) is 4.79 Å². The van der Waals surface area contributed by atoms with Crippen LogP contribution in [0.4, 0.5) is 0 Å². The first-order valence-electron chi connectivity index (χ1n) is 6.45. The third-order valence-electron chi connectivity index (χ3n) is 2.68. The van der Waals surface area contributed by atoms with Crippen molar-refractivity contribution in [1.82, 2.24) is 4.98 Å². The van der Waals surface area contributed by atoms with E-state index in [0.717, 1.165) is 26.5 Å². The average molecular weight is 354 g/mol. The summed E-state index contributed by atoms with van der Waals surface area (Å²) in [6.45, 7) is 2.55. The van der Waals surface area contributed by atoms with Crippen LogP contribution in [0.1, 0.15) is 22.7 Å². The molecule has 0 amide bonds. The molecular formula is C15H16BrNO2S. The number of hydrogen-bond acceptors (Lipinski definition) is 4. The molecule has 106 valence electrons. The van der Waals surface area contributed by atoms with Crippen molar-refractivity contribution in [1.29, 1.82) is 0 Å². The fraction of sp³-hybridized carbons (Fsp3) is 0.333. The van der Waals surface area contributed by atoms with Crippen LogP contribution in [0.3, 0.4) is 0 Å². The van der Waals surface area contributed by atoms with Crippen molar-refractivity contribution in [2.45, 2.75) is 26.2 Å². The lowest BCUT2D eigenvalue weighted by molar-refractivity contribution is -0.118. The first kappa shape index (κ1) is 15.2. The molecule has 1 aromatic heterocycles. The van der Waals surface area contributed by atoms with Crippen LogP contribution in [0.15, 0.2) is 34.9 Å². The van der Waals surface area contributed by atoms with Crippen molar-refractivity contribution in [2.24, 2.45) is 0 Å². The average Bonchev–Trinajstić information content (AvgIpc) is 2.80. The smallest absolute Gasteiger partial charge is 0.139 e. The Morgan fingerprint density at radius 2 is 2.30 bits per heavy atom. The molecule has 0 radical (unpaired) electrons. The SMILES string of the molecule is Cc1cnc(CC(=O)CCCOc2cccc(Br)c2)s1. The molecule has 5 heteroatoms. The maximum absolute atomic E-state index is 11.8. The molecular weight excluding hydrogens is 338 g/mol. The normalized spacial score (nSPS) is 10.5. The van der Waals surface area contributed by atoms with Gasteiger partial charge in [0.15, 0.2) is 0 Å². The zero-order valence-corrected chi connectivity index (χ0v) is 13.7. The molecule has 0 fully saturated rings. The molecule has 20 heavy (non-hydrogen) atoms. The van der Waals surface area contributed by atoms with E-state index in [9.17, 15) is 4.79 Å². The topological polar surface area (TPSA) is 39.2 Å². The van der Waals surface area contributed by atoms with Gasteiger partial charge in [-0.2, -0.15) is 0 Å². The first-order chi connectivity index (χ1) is 9.63. The Labute approximate surface area is 131 Å². The fourth-order valence-electron chi connectivity index (χ4n) is 1.76. The van der Waals surface area contributed by atoms with Gasteiger partial charge in [-0.05, 0) is 31.5 Å². The lowest BCUT2D eigenvalue weighted by Crippen LogP contribution is -2.05. The Bertz CT molecular complexity index is 583. The van der Waals surface area contributed by atoms with E-state index in [1.54, 1.807) is 11.3 Å². The summed E-state index contributed by atoms with van der Waals surface area (Å²) in [7, 11) is 0. The quantitative estimate of drug-likeness (QED) is 0.700. The number of aromatic nitrogens is 1. The largest absolute Gasteiger partial charge is 0.494 e. The number of halogens is 1. The number of hydrogen-bond donors (Lipinski definition) is 0. The highest BCUT2D eigenvalue weighted by Crippen LogP contribution is 2.18. The molecule has 3 nitrogen and oxygen atoms in total. The first-order valence-corrected chi connectivity index (χ1v) is 8.06. The molecule has 0 aliphatic carbocycles. The van der Waals surface area contributed by atoms with Crippen molar-refractivity contribution < 1.29 is 9.53 Å². The molecule has 0 saturated carbocycles. The van der Waals surface area contributed by atoms with Gasteiger partial charge in [0.1, 0.15) is 16.5 Å². The molecule has 0 aliphatic heterocycles. The summed E-state index contributed by atoms with van der Waals surface area (Å²) < 4.78 is 6.59. The van der Waals surface area contributed by atoms with E-state index >= 15 is 0 Å². The number of carbonyl (C=O) groups is 1. The Morgan fingerprint density at radius 1 is 1.45 bits per heavy atom. The zero-order valence-electron chi connectivity index (χ0n) is 11.3. The van der Waals surface area contributed by atoms with Gasteiger partial charge in [-0.25, -0.2) is 4.98 Å². The number of Topliss-reactive ketones (excluding diaryl/α,β-unsaturated/α-hetero) is 1. The summed E-state index contributed by atoms with van der Waals surface area (Å²) >= 11 is 4.98. The van der Waals surface area contributed by atoms with Gasteiger partial charge >= 0.3 is 0 Å². The molecule has 0 unspecified atom stereocenters. The number of ether oxygens (including phenoxy) is 1. The van der Waals surface area contributed by atoms with Crippen LogP contribution in [0.25, 0.3) is 0 Å². The van der Waals surface area contributed by atoms with E-state index in [-0.39, 0.29) is 5.78 Å². The van der Waals surface area contributed by atoms with Gasteiger partial charge in [0.25, 0.3) is 0 Å². The maximum Gasteiger partial charge on any atom is 0.139 e. The third kappa shape index (κ3) is 5.06. The monoisotopic (exact) mass is 353 g/mol. The molecule has 0 spiro atoms. The van der Waals surface area contributed by atoms with Crippen LogP contribution >= 0.6 is 27.3 Å². The lowest BCUT2D eigenvalue weighted by atomic mass is 10.2. The summed E-state index contributed by atoms with van der Waals surface area (Å²) in [5, 5.41) is 0.903. The van der Waals surface area contributed by atoms with Crippen molar-refractivity contribution in [2.75, 3.05) is 6.61 Å². The molecule has 0 N–H and O–H groups in total. The summed E-state index contributed by atoms with van der Waals surface area (Å²) in [6, 6.07) is 7.70. The van der Waals surface area contributed by atoms with Gasteiger partial charge in [0, 0.05) is 22.0 Å². The Balaban J connectivity index is 1.67. The van der Waals surface area contributed by atoms with Crippen molar-refractivity contribution in [3.05, 3.63) is 44.8 Å². The van der Waals surface area contributed by atoms with Crippen molar-refractivity contribution in [3.8, 4) is 5.75 Å². The molecule has 1 heterocycles. The van der Waals surface area contributed by atoms with Crippen molar-refractivity contribution in [3.63, 3.8) is 0 Å². The zero-order chi connectivity index (χ0) is 14.4.